The highest BCUT2D eigenvalue weighted by atomic mass is 28.3. The van der Waals surface area contributed by atoms with E-state index in [0.29, 0.717) is 35.3 Å². The first-order chi connectivity index (χ1) is 33.4. The van der Waals surface area contributed by atoms with Crippen molar-refractivity contribution in [2.24, 2.45) is 9.65 Å². The maximum atomic E-state index is 13.1. The lowest BCUT2D eigenvalue weighted by Crippen LogP contribution is -2.51. The van der Waals surface area contributed by atoms with Crippen LogP contribution in [-0.4, -0.2) is 63.0 Å². The first-order valence-electron chi connectivity index (χ1n) is 23.4. The molecule has 4 aliphatic heterocycles. The minimum absolute atomic E-state index is 0. The number of ketones is 1. The molecule has 6 aromatic carbocycles. The van der Waals surface area contributed by atoms with Gasteiger partial charge in [0.15, 0.2) is 14.0 Å². The third kappa shape index (κ3) is 11.8. The molecular formula is C59H59N7O3Si. The number of carbonyl (C=O) groups is 1. The number of nitriles is 3. The van der Waals surface area contributed by atoms with Crippen LogP contribution in [-0.2, 0) is 0 Å². The van der Waals surface area contributed by atoms with Gasteiger partial charge in [-0.2, -0.15) is 20.8 Å². The van der Waals surface area contributed by atoms with Gasteiger partial charge in [-0.1, -0.05) is 80.2 Å². The van der Waals surface area contributed by atoms with Crippen molar-refractivity contribution >= 4 is 37.0 Å². The van der Waals surface area contributed by atoms with E-state index in [4.69, 9.17) is 14.7 Å². The van der Waals surface area contributed by atoms with E-state index in [2.05, 4.69) is 112 Å². The summed E-state index contributed by atoms with van der Waals surface area (Å²) >= 11 is 0. The average Bonchev–Trinajstić information content (AvgIpc) is 3.37. The standard InChI is InChI=1S/C27H22N4O.C26H22N2O2.C5H11NSi.CH4/c28-18-20-5-4-6-21(15-20)22-9-10-26-24(16-22)25(30-19-29)17-27(32-26)11-13-31(14-12-27)23-7-2-1-3-8-23;27-18-19-5-4-6-20(15-19)21-9-10-25-23(16-21)24(29)17-26(30-25)11-13-28(14-12-26)22-7-2-1-3-8-22;1-5-6-7(2,3)4;/h1-10,15-16H,11-14,17H2;1-10,15-16H,11-14,17H2;1H2,2-4H3;1H4. The molecule has 0 amide bonds. The Morgan fingerprint density at radius 2 is 1.01 bits per heavy atom. The second kappa shape index (κ2) is 22.0. The van der Waals surface area contributed by atoms with Gasteiger partial charge in [-0.15, -0.1) is 0 Å². The van der Waals surface area contributed by atoms with Gasteiger partial charge in [-0.25, -0.2) is 0 Å². The molecule has 10 rings (SSSR count). The molecule has 70 heavy (non-hydrogen) atoms. The maximum absolute atomic E-state index is 13.1. The molecule has 0 saturated carbocycles. The fourth-order valence-electron chi connectivity index (χ4n) is 9.48. The van der Waals surface area contributed by atoms with Crippen LogP contribution in [0, 0.1) is 34.1 Å². The quantitative estimate of drug-likeness (QED) is 0.0946. The number of anilines is 2. The summed E-state index contributed by atoms with van der Waals surface area (Å²) in [5.74, 6) is 4.14. The number of rotatable bonds is 5. The zero-order chi connectivity index (χ0) is 48.4. The summed E-state index contributed by atoms with van der Waals surface area (Å²) < 4.78 is 17.1. The molecule has 11 heteroatoms. The first-order valence-corrected chi connectivity index (χ1v) is 26.9. The smallest absolute Gasteiger partial charge is 0.205 e. The third-order valence-electron chi connectivity index (χ3n) is 13.0. The molecule has 10 nitrogen and oxygen atoms in total. The lowest BCUT2D eigenvalue weighted by Gasteiger charge is -2.45. The zero-order valence-corrected chi connectivity index (χ0v) is 40.5. The molecule has 0 atom stereocenters. The summed E-state index contributed by atoms with van der Waals surface area (Å²) in [5, 5.41) is 27.7. The molecule has 352 valence electrons. The highest BCUT2D eigenvalue weighted by molar-refractivity contribution is 6.75. The van der Waals surface area contributed by atoms with Crippen molar-refractivity contribution in [3.63, 3.8) is 0 Å². The Hall–Kier alpha value is -8.00. The molecule has 4 aliphatic rings. The minimum Gasteiger partial charge on any atom is -0.486 e. The first kappa shape index (κ1) is 49.9. The largest absolute Gasteiger partial charge is 0.486 e. The van der Waals surface area contributed by atoms with Gasteiger partial charge < -0.3 is 19.3 Å². The number of hydrogen-bond acceptors (Lipinski definition) is 10. The molecular weight excluding hydrogens is 883 g/mol. The van der Waals surface area contributed by atoms with Crippen molar-refractivity contribution in [2.45, 2.75) is 76.8 Å². The van der Waals surface area contributed by atoms with E-state index in [-0.39, 0.29) is 18.8 Å². The summed E-state index contributed by atoms with van der Waals surface area (Å²) in [6.07, 6.45) is 6.45. The Labute approximate surface area is 414 Å². The van der Waals surface area contributed by atoms with Crippen molar-refractivity contribution in [3.05, 3.63) is 174 Å². The number of nitrogens with zero attached hydrogens (tertiary/aromatic N) is 7. The zero-order valence-electron chi connectivity index (χ0n) is 39.5. The third-order valence-corrected chi connectivity index (χ3v) is 13.9. The van der Waals surface area contributed by atoms with Crippen LogP contribution in [0.4, 0.5) is 11.4 Å². The second-order valence-electron chi connectivity index (χ2n) is 18.9. The fourth-order valence-corrected chi connectivity index (χ4v) is 9.96. The van der Waals surface area contributed by atoms with E-state index in [0.717, 1.165) is 91.1 Å². The Balaban J connectivity index is 0.000000180. The molecule has 2 fully saturated rings. The monoisotopic (exact) mass is 941 g/mol. The predicted molar refractivity (Wildman–Crippen MR) is 285 cm³/mol. The SMILES string of the molecule is C.C=C=N[Si](C)(C)C.N#CN=C1CC2(CCN(c3ccccc3)CC2)Oc2ccc(-c3cccc(C#N)c3)cc21.N#Cc1cccc(-c2ccc3c(c2)C(=O)CC2(CCN(c4ccccc4)CC2)O3)c1. The van der Waals surface area contributed by atoms with Crippen LogP contribution >= 0.6 is 0 Å². The van der Waals surface area contributed by atoms with Gasteiger partial charge in [0.2, 0.25) is 6.19 Å². The van der Waals surface area contributed by atoms with Crippen LogP contribution in [0.1, 0.15) is 73.0 Å². The molecule has 2 saturated heterocycles. The molecule has 0 aromatic heterocycles. The van der Waals surface area contributed by atoms with Gasteiger partial charge in [-0.3, -0.25) is 9.45 Å². The molecule has 0 radical (unpaired) electrons. The van der Waals surface area contributed by atoms with Crippen molar-refractivity contribution < 1.29 is 14.3 Å². The fraction of sp³-hybridized carbons (Fsp3) is 0.271. The van der Waals surface area contributed by atoms with Crippen LogP contribution in [0.15, 0.2) is 162 Å². The Morgan fingerprint density at radius 3 is 1.44 bits per heavy atom. The molecule has 4 heterocycles. The number of carbonyl (C=O) groups excluding carboxylic acids is 1. The van der Waals surface area contributed by atoms with E-state index in [9.17, 15) is 15.3 Å². The molecule has 0 aliphatic carbocycles. The highest BCUT2D eigenvalue weighted by Gasteiger charge is 2.44. The lowest BCUT2D eigenvalue weighted by molar-refractivity contribution is 0.0232. The molecule has 6 aromatic rings. The van der Waals surface area contributed by atoms with Gasteiger partial charge in [0.1, 0.15) is 22.7 Å². The Morgan fingerprint density at radius 1 is 0.571 bits per heavy atom. The van der Waals surface area contributed by atoms with Crippen LogP contribution in [0.2, 0.25) is 19.6 Å². The van der Waals surface area contributed by atoms with Gasteiger partial charge >= 0.3 is 0 Å². The molecule has 2 spiro atoms. The number of benzene rings is 6. The van der Waals surface area contributed by atoms with E-state index in [1.807, 2.05) is 91.1 Å². The topological polar surface area (TPSA) is 138 Å². The van der Waals surface area contributed by atoms with E-state index < -0.39 is 13.8 Å². The highest BCUT2D eigenvalue weighted by Crippen LogP contribution is 2.43. The van der Waals surface area contributed by atoms with Crippen LogP contribution in [0.5, 0.6) is 11.5 Å². The number of para-hydroxylation sites is 2. The van der Waals surface area contributed by atoms with Gasteiger partial charge in [-0.05, 0) is 127 Å². The Bertz CT molecular complexity index is 3030. The van der Waals surface area contributed by atoms with Crippen LogP contribution in [0.25, 0.3) is 22.3 Å². The normalized spacial score (nSPS) is 16.5. The maximum Gasteiger partial charge on any atom is 0.205 e. The van der Waals surface area contributed by atoms with E-state index in [1.54, 1.807) is 12.1 Å². The number of aliphatic imine (C=N–C) groups is 1. The van der Waals surface area contributed by atoms with Crippen LogP contribution < -0.4 is 19.3 Å². The van der Waals surface area contributed by atoms with E-state index >= 15 is 0 Å². The number of Topliss-reactive ketones (excluding diaryl/α,β-unsaturated/α-hetero) is 1. The summed E-state index contributed by atoms with van der Waals surface area (Å²) in [5.41, 5.74) is 9.02. The van der Waals surface area contributed by atoms with E-state index in [1.165, 1.54) is 11.4 Å². The molecule has 0 unspecified atom stereocenters. The van der Waals surface area contributed by atoms with Crippen molar-refractivity contribution in [1.29, 1.82) is 15.8 Å². The minimum atomic E-state index is -1.21. The van der Waals surface area contributed by atoms with Crippen LogP contribution in [0.3, 0.4) is 0 Å². The summed E-state index contributed by atoms with van der Waals surface area (Å²) in [7, 11) is -1.21. The lowest BCUT2D eigenvalue weighted by atomic mass is 9.81. The van der Waals surface area contributed by atoms with Crippen molar-refractivity contribution in [2.75, 3.05) is 36.0 Å². The van der Waals surface area contributed by atoms with Gasteiger partial charge in [0, 0.05) is 75.2 Å². The summed E-state index contributed by atoms with van der Waals surface area (Å²) in [4.78, 5) is 22.0. The summed E-state index contributed by atoms with van der Waals surface area (Å²) in [6, 6.07) is 51.9. The van der Waals surface area contributed by atoms with Gasteiger partial charge in [0.05, 0.1) is 41.0 Å². The number of ether oxygens (including phenoxy) is 2. The van der Waals surface area contributed by atoms with Gasteiger partial charge in [0.25, 0.3) is 0 Å². The summed E-state index contributed by atoms with van der Waals surface area (Å²) in [6.45, 7) is 13.4. The number of hydrogen-bond donors (Lipinski definition) is 0. The Kier molecular flexibility index (Phi) is 15.6. The molecule has 0 N–H and O–H groups in total. The number of piperidine rings is 2. The van der Waals surface area contributed by atoms with Crippen molar-refractivity contribution in [3.8, 4) is 52.1 Å². The second-order valence-corrected chi connectivity index (χ2v) is 23.5. The average molecular weight is 942 g/mol. The predicted octanol–water partition coefficient (Wildman–Crippen LogP) is 12.9. The number of fused-ring (bicyclic) bond motifs is 2. The molecule has 0 bridgehead atoms. The van der Waals surface area contributed by atoms with Crippen molar-refractivity contribution in [1.82, 2.24) is 0 Å².